The maximum atomic E-state index is 12.3. The van der Waals surface area contributed by atoms with Gasteiger partial charge in [0.25, 0.3) is 11.5 Å². The number of rotatable bonds is 4. The van der Waals surface area contributed by atoms with E-state index in [1.165, 1.54) is 23.0 Å². The zero-order chi connectivity index (χ0) is 19.8. The molecule has 0 bridgehead atoms. The standard InChI is InChI=1S/C16H16N6O6/c23-5-9-11(25)12(26)15(28-9)22-6-17-10-13(22)18-16(19-14(10)27)21-20-7-3-1-2-4-8(7)24/h1-4,6,9,11-12,15,23-26H,5H2,(H,18,19,27)/t9?,11-,12-,15-/m1/s1. The number of nitrogens with zero attached hydrogens (tertiary/aromatic N) is 5. The maximum absolute atomic E-state index is 12.3. The average molecular weight is 388 g/mol. The van der Waals surface area contributed by atoms with Crippen molar-refractivity contribution in [3.05, 3.63) is 40.9 Å². The van der Waals surface area contributed by atoms with Gasteiger partial charge in [-0.15, -0.1) is 10.2 Å². The van der Waals surface area contributed by atoms with Gasteiger partial charge < -0.3 is 25.2 Å². The van der Waals surface area contributed by atoms with E-state index in [0.717, 1.165) is 0 Å². The van der Waals surface area contributed by atoms with E-state index in [2.05, 4.69) is 25.2 Å². The first-order valence-electron chi connectivity index (χ1n) is 8.28. The summed E-state index contributed by atoms with van der Waals surface area (Å²) in [5.74, 6) is -0.250. The van der Waals surface area contributed by atoms with Crippen molar-refractivity contribution < 1.29 is 25.2 Å². The average Bonchev–Trinajstić information content (AvgIpc) is 3.23. The van der Waals surface area contributed by atoms with Gasteiger partial charge in [0.15, 0.2) is 17.4 Å². The number of aromatic nitrogens is 4. The molecule has 0 saturated carbocycles. The number of hydrogen-bond acceptors (Lipinski definition) is 10. The van der Waals surface area contributed by atoms with Gasteiger partial charge in [-0.2, -0.15) is 4.98 Å². The fourth-order valence-electron chi connectivity index (χ4n) is 2.91. The Morgan fingerprint density at radius 1 is 1.21 bits per heavy atom. The van der Waals surface area contributed by atoms with Crippen molar-refractivity contribution in [3.63, 3.8) is 0 Å². The number of phenolic OH excluding ortho intramolecular Hbond substituents is 1. The second-order valence-corrected chi connectivity index (χ2v) is 6.13. The minimum absolute atomic E-state index is 0.0285. The fourth-order valence-corrected chi connectivity index (χ4v) is 2.91. The molecular weight excluding hydrogens is 372 g/mol. The van der Waals surface area contributed by atoms with E-state index < -0.39 is 36.7 Å². The molecule has 2 aromatic heterocycles. The minimum Gasteiger partial charge on any atom is -0.506 e. The normalized spacial score (nSPS) is 25.1. The highest BCUT2D eigenvalue weighted by Gasteiger charge is 2.44. The number of aliphatic hydroxyl groups excluding tert-OH is 3. The SMILES string of the molecule is O=c1[nH]c(N=Nc2ccccc2O)nc2c1ncn2[C@@H]1OC(CO)[C@@H](O)[C@H]1O. The molecule has 0 spiro atoms. The summed E-state index contributed by atoms with van der Waals surface area (Å²) in [5.41, 5.74) is -0.395. The Balaban J connectivity index is 1.73. The second-order valence-electron chi connectivity index (χ2n) is 6.13. The Bertz CT molecular complexity index is 1090. The van der Waals surface area contributed by atoms with Gasteiger partial charge in [-0.3, -0.25) is 14.3 Å². The van der Waals surface area contributed by atoms with E-state index in [0.29, 0.717) is 0 Å². The Labute approximate surface area is 156 Å². The van der Waals surface area contributed by atoms with E-state index in [1.807, 2.05) is 0 Å². The highest BCUT2D eigenvalue weighted by molar-refractivity contribution is 5.70. The highest BCUT2D eigenvalue weighted by atomic mass is 16.6. The lowest BCUT2D eigenvalue weighted by Crippen LogP contribution is -2.33. The number of imidazole rings is 1. The smallest absolute Gasteiger partial charge is 0.280 e. The van der Waals surface area contributed by atoms with Gasteiger partial charge in [0.2, 0.25) is 0 Å². The van der Waals surface area contributed by atoms with Crippen molar-refractivity contribution in [2.24, 2.45) is 10.2 Å². The lowest BCUT2D eigenvalue weighted by atomic mass is 10.1. The quantitative estimate of drug-likeness (QED) is 0.383. The molecule has 0 amide bonds. The van der Waals surface area contributed by atoms with Crippen LogP contribution in [0, 0.1) is 0 Å². The van der Waals surface area contributed by atoms with Crippen LogP contribution in [-0.2, 0) is 4.74 Å². The highest BCUT2D eigenvalue weighted by Crippen LogP contribution is 2.31. The lowest BCUT2D eigenvalue weighted by molar-refractivity contribution is -0.0511. The number of benzene rings is 1. The first-order valence-corrected chi connectivity index (χ1v) is 8.28. The van der Waals surface area contributed by atoms with E-state index >= 15 is 0 Å². The van der Waals surface area contributed by atoms with Gasteiger partial charge in [-0.25, -0.2) is 4.98 Å². The molecule has 28 heavy (non-hydrogen) atoms. The van der Waals surface area contributed by atoms with Crippen LogP contribution < -0.4 is 5.56 Å². The molecule has 12 heteroatoms. The third-order valence-electron chi connectivity index (χ3n) is 4.35. The largest absolute Gasteiger partial charge is 0.506 e. The summed E-state index contributed by atoms with van der Waals surface area (Å²) in [6.45, 7) is -0.491. The molecule has 5 N–H and O–H groups in total. The van der Waals surface area contributed by atoms with Gasteiger partial charge in [0.1, 0.15) is 29.7 Å². The summed E-state index contributed by atoms with van der Waals surface area (Å²) < 4.78 is 6.72. The van der Waals surface area contributed by atoms with Crippen LogP contribution in [0.4, 0.5) is 11.6 Å². The number of nitrogens with one attached hydrogen (secondary N) is 1. The van der Waals surface area contributed by atoms with Crippen molar-refractivity contribution in [2.75, 3.05) is 6.61 Å². The van der Waals surface area contributed by atoms with E-state index in [-0.39, 0.29) is 28.5 Å². The van der Waals surface area contributed by atoms with Gasteiger partial charge in [-0.1, -0.05) is 12.1 Å². The molecule has 1 saturated heterocycles. The third kappa shape index (κ3) is 3.03. The molecule has 1 unspecified atom stereocenters. The molecule has 4 atom stereocenters. The Hall–Kier alpha value is -3.19. The summed E-state index contributed by atoms with van der Waals surface area (Å²) in [5, 5.41) is 46.8. The monoisotopic (exact) mass is 388 g/mol. The molecule has 1 aliphatic rings. The predicted octanol–water partition coefficient (Wildman–Crippen LogP) is -0.148. The number of hydrogen-bond donors (Lipinski definition) is 5. The van der Waals surface area contributed by atoms with Crippen LogP contribution in [0.25, 0.3) is 11.2 Å². The van der Waals surface area contributed by atoms with Crippen molar-refractivity contribution in [1.82, 2.24) is 19.5 Å². The summed E-state index contributed by atoms with van der Waals surface area (Å²) in [6, 6.07) is 6.24. The number of fused-ring (bicyclic) bond motifs is 1. The van der Waals surface area contributed by atoms with Crippen molar-refractivity contribution in [3.8, 4) is 5.75 Å². The summed E-state index contributed by atoms with van der Waals surface area (Å²) >= 11 is 0. The Kier molecular flexibility index (Phi) is 4.60. The van der Waals surface area contributed by atoms with Crippen LogP contribution in [-0.4, -0.2) is 64.9 Å². The number of aromatic hydroxyl groups is 1. The zero-order valence-electron chi connectivity index (χ0n) is 14.2. The molecular formula is C16H16N6O6. The van der Waals surface area contributed by atoms with E-state index in [1.54, 1.807) is 12.1 Å². The molecule has 1 aliphatic heterocycles. The lowest BCUT2D eigenvalue weighted by Gasteiger charge is -2.16. The van der Waals surface area contributed by atoms with E-state index in [9.17, 15) is 25.2 Å². The number of aliphatic hydroxyl groups is 3. The first-order chi connectivity index (χ1) is 13.5. The van der Waals surface area contributed by atoms with Crippen LogP contribution in [0.5, 0.6) is 5.75 Å². The summed E-state index contributed by atoms with van der Waals surface area (Å²) in [7, 11) is 0. The van der Waals surface area contributed by atoms with Crippen molar-refractivity contribution in [1.29, 1.82) is 0 Å². The van der Waals surface area contributed by atoms with Gasteiger partial charge >= 0.3 is 0 Å². The van der Waals surface area contributed by atoms with Crippen LogP contribution in [0.1, 0.15) is 6.23 Å². The van der Waals surface area contributed by atoms with Crippen LogP contribution in [0.15, 0.2) is 45.6 Å². The first kappa shape index (κ1) is 18.2. The maximum Gasteiger partial charge on any atom is 0.280 e. The number of aromatic amines is 1. The molecule has 1 aromatic carbocycles. The van der Waals surface area contributed by atoms with Gasteiger partial charge in [-0.05, 0) is 12.1 Å². The molecule has 146 valence electrons. The Morgan fingerprint density at radius 3 is 2.71 bits per heavy atom. The molecule has 4 rings (SSSR count). The minimum atomic E-state index is -1.36. The molecule has 12 nitrogen and oxygen atoms in total. The number of H-pyrrole nitrogens is 1. The van der Waals surface area contributed by atoms with Crippen LogP contribution in [0.3, 0.4) is 0 Å². The Morgan fingerprint density at radius 2 is 2.00 bits per heavy atom. The topological polar surface area (TPSA) is 178 Å². The van der Waals surface area contributed by atoms with E-state index in [4.69, 9.17) is 4.74 Å². The number of ether oxygens (including phenoxy) is 1. The van der Waals surface area contributed by atoms with Crippen LogP contribution >= 0.6 is 0 Å². The molecule has 1 fully saturated rings. The van der Waals surface area contributed by atoms with Crippen molar-refractivity contribution in [2.45, 2.75) is 24.5 Å². The van der Waals surface area contributed by atoms with Gasteiger partial charge in [0, 0.05) is 0 Å². The summed E-state index contributed by atoms with van der Waals surface area (Å²) in [6.07, 6.45) is -3.53. The van der Waals surface area contributed by atoms with Gasteiger partial charge in [0.05, 0.1) is 12.9 Å². The second kappa shape index (κ2) is 7.09. The molecule has 3 heterocycles. The summed E-state index contributed by atoms with van der Waals surface area (Å²) in [4.78, 5) is 22.8. The van der Waals surface area contributed by atoms with Crippen molar-refractivity contribution >= 4 is 22.8 Å². The number of phenols is 1. The zero-order valence-corrected chi connectivity index (χ0v) is 14.2. The third-order valence-corrected chi connectivity index (χ3v) is 4.35. The number of para-hydroxylation sites is 1. The molecule has 3 aromatic rings. The predicted molar refractivity (Wildman–Crippen MR) is 93.4 cm³/mol. The molecule has 0 radical (unpaired) electrons. The fraction of sp³-hybridized carbons (Fsp3) is 0.312. The van der Waals surface area contributed by atoms with Crippen LogP contribution in [0.2, 0.25) is 0 Å². The molecule has 0 aliphatic carbocycles. The number of azo groups is 1.